The van der Waals surface area contributed by atoms with Crippen LogP contribution >= 0.6 is 0 Å². The number of aromatic nitrogens is 2. The van der Waals surface area contributed by atoms with E-state index in [1.54, 1.807) is 42.1 Å². The van der Waals surface area contributed by atoms with Crippen LogP contribution in [0.5, 0.6) is 0 Å². The Kier molecular flexibility index (Phi) is 3.83. The van der Waals surface area contributed by atoms with E-state index < -0.39 is 29.3 Å². The van der Waals surface area contributed by atoms with Gasteiger partial charge in [-0.1, -0.05) is 6.07 Å². The second kappa shape index (κ2) is 6.08. The Hall–Kier alpha value is -3.42. The fourth-order valence-electron chi connectivity index (χ4n) is 3.38. The van der Waals surface area contributed by atoms with Crippen molar-refractivity contribution in [3.63, 3.8) is 0 Å². The van der Waals surface area contributed by atoms with Crippen LogP contribution in [0.15, 0.2) is 48.8 Å². The molecule has 1 saturated heterocycles. The first-order valence-electron chi connectivity index (χ1n) is 8.38. The Morgan fingerprint density at radius 1 is 1.41 bits per heavy atom. The minimum absolute atomic E-state index is 0.119. The van der Waals surface area contributed by atoms with Crippen molar-refractivity contribution < 1.29 is 18.7 Å². The lowest BCUT2D eigenvalue weighted by Crippen LogP contribution is -2.49. The van der Waals surface area contributed by atoms with Crippen molar-refractivity contribution in [1.29, 1.82) is 0 Å². The van der Waals surface area contributed by atoms with Gasteiger partial charge in [0.2, 0.25) is 5.91 Å². The number of cyclic esters (lactones) is 1. The van der Waals surface area contributed by atoms with E-state index in [0.717, 1.165) is 5.39 Å². The molecular weight excluding hydrogens is 351 g/mol. The van der Waals surface area contributed by atoms with Gasteiger partial charge in [0.05, 0.1) is 12.2 Å². The van der Waals surface area contributed by atoms with Gasteiger partial charge in [0.15, 0.2) is 0 Å². The van der Waals surface area contributed by atoms with Crippen molar-refractivity contribution in [2.45, 2.75) is 18.4 Å². The molecule has 1 aromatic carbocycles. The Bertz CT molecular complexity index is 1060. The third-order valence-corrected chi connectivity index (χ3v) is 5.09. The third-order valence-electron chi connectivity index (χ3n) is 5.09. The number of pyridine rings is 1. The number of ether oxygens (including phenoxy) is 1. The number of hydrogen-bond donors (Lipinski definition) is 2. The van der Waals surface area contributed by atoms with Gasteiger partial charge in [-0.15, -0.1) is 0 Å². The van der Waals surface area contributed by atoms with Gasteiger partial charge < -0.3 is 15.8 Å². The Morgan fingerprint density at radius 2 is 2.22 bits per heavy atom. The SMILES string of the molecule is CC(C(N)=O)(c1ccc(-n2ccc3cccnc32)c(F)c1)C1CNC(=O)O1. The number of amides is 2. The van der Waals surface area contributed by atoms with Crippen molar-refractivity contribution in [3.05, 3.63) is 60.2 Å². The van der Waals surface area contributed by atoms with Gasteiger partial charge in [0.25, 0.3) is 0 Å². The molecule has 1 aliphatic rings. The highest BCUT2D eigenvalue weighted by Crippen LogP contribution is 2.33. The molecule has 0 bridgehead atoms. The van der Waals surface area contributed by atoms with Crippen LogP contribution < -0.4 is 11.1 Å². The Labute approximate surface area is 153 Å². The van der Waals surface area contributed by atoms with E-state index >= 15 is 0 Å². The lowest BCUT2D eigenvalue weighted by molar-refractivity contribution is -0.126. The highest BCUT2D eigenvalue weighted by atomic mass is 19.1. The van der Waals surface area contributed by atoms with Crippen LogP contribution in [-0.2, 0) is 14.9 Å². The number of benzene rings is 1. The number of alkyl carbamates (subject to hydrolysis) is 1. The van der Waals surface area contributed by atoms with E-state index in [1.807, 2.05) is 12.1 Å². The molecule has 27 heavy (non-hydrogen) atoms. The van der Waals surface area contributed by atoms with Gasteiger partial charge in [-0.05, 0) is 42.8 Å². The minimum atomic E-state index is -1.37. The fraction of sp³-hybridized carbons (Fsp3) is 0.211. The van der Waals surface area contributed by atoms with E-state index in [2.05, 4.69) is 10.3 Å². The zero-order chi connectivity index (χ0) is 19.2. The molecule has 7 nitrogen and oxygen atoms in total. The molecular formula is C19H17FN4O3. The highest BCUT2D eigenvalue weighted by molar-refractivity contribution is 5.88. The number of halogens is 1. The van der Waals surface area contributed by atoms with Gasteiger partial charge in [0, 0.05) is 17.8 Å². The average molecular weight is 368 g/mol. The average Bonchev–Trinajstić information content (AvgIpc) is 3.27. The van der Waals surface area contributed by atoms with Gasteiger partial charge >= 0.3 is 6.09 Å². The van der Waals surface area contributed by atoms with Crippen LogP contribution in [-0.4, -0.2) is 34.2 Å². The summed E-state index contributed by atoms with van der Waals surface area (Å²) >= 11 is 0. The molecule has 2 unspecified atom stereocenters. The smallest absolute Gasteiger partial charge is 0.407 e. The summed E-state index contributed by atoms with van der Waals surface area (Å²) in [7, 11) is 0. The van der Waals surface area contributed by atoms with E-state index in [1.165, 1.54) is 6.07 Å². The van der Waals surface area contributed by atoms with Gasteiger partial charge in [-0.2, -0.15) is 0 Å². The Balaban J connectivity index is 1.78. The highest BCUT2D eigenvalue weighted by Gasteiger charge is 2.47. The number of primary amides is 1. The number of nitrogens with zero attached hydrogens (tertiary/aromatic N) is 2. The van der Waals surface area contributed by atoms with Crippen molar-refractivity contribution in [1.82, 2.24) is 14.9 Å². The zero-order valence-corrected chi connectivity index (χ0v) is 14.5. The van der Waals surface area contributed by atoms with Gasteiger partial charge in [0.1, 0.15) is 23.0 Å². The summed E-state index contributed by atoms with van der Waals surface area (Å²) in [6, 6.07) is 9.96. The summed E-state index contributed by atoms with van der Waals surface area (Å²) in [6.45, 7) is 1.66. The fourth-order valence-corrected chi connectivity index (χ4v) is 3.38. The molecule has 2 amide bonds. The summed E-state index contributed by atoms with van der Waals surface area (Å²) in [6.07, 6.45) is 1.92. The summed E-state index contributed by atoms with van der Waals surface area (Å²) in [5.74, 6) is -1.25. The van der Waals surface area contributed by atoms with E-state index in [-0.39, 0.29) is 6.54 Å². The molecule has 0 radical (unpaired) electrons. The quantitative estimate of drug-likeness (QED) is 0.736. The maximum Gasteiger partial charge on any atom is 0.407 e. The molecule has 2 atom stereocenters. The maximum atomic E-state index is 15.0. The van der Waals surface area contributed by atoms with Crippen molar-refractivity contribution >= 4 is 23.0 Å². The molecule has 2 aromatic heterocycles. The van der Waals surface area contributed by atoms with Crippen LogP contribution in [0.1, 0.15) is 12.5 Å². The van der Waals surface area contributed by atoms with Crippen molar-refractivity contribution in [2.75, 3.05) is 6.54 Å². The van der Waals surface area contributed by atoms with Gasteiger partial charge in [-0.25, -0.2) is 14.2 Å². The van der Waals surface area contributed by atoms with Crippen molar-refractivity contribution in [3.8, 4) is 5.69 Å². The van der Waals surface area contributed by atoms with Crippen LogP contribution in [0.4, 0.5) is 9.18 Å². The summed E-state index contributed by atoms with van der Waals surface area (Å²) in [4.78, 5) is 27.9. The summed E-state index contributed by atoms with van der Waals surface area (Å²) in [5.41, 5.74) is 5.47. The molecule has 4 rings (SSSR count). The molecule has 0 aliphatic carbocycles. The third kappa shape index (κ3) is 2.61. The molecule has 3 N–H and O–H groups in total. The number of nitrogens with two attached hydrogens (primary N) is 1. The monoisotopic (exact) mass is 368 g/mol. The van der Waals surface area contributed by atoms with E-state index in [9.17, 15) is 14.0 Å². The second-order valence-electron chi connectivity index (χ2n) is 6.61. The number of carbonyl (C=O) groups is 2. The van der Waals surface area contributed by atoms with Crippen LogP contribution in [0.25, 0.3) is 16.7 Å². The summed E-state index contributed by atoms with van der Waals surface area (Å²) in [5, 5.41) is 3.37. The molecule has 1 aliphatic heterocycles. The minimum Gasteiger partial charge on any atom is -0.443 e. The van der Waals surface area contributed by atoms with Crippen LogP contribution in [0.2, 0.25) is 0 Å². The van der Waals surface area contributed by atoms with Crippen LogP contribution in [0.3, 0.4) is 0 Å². The first kappa shape index (κ1) is 17.0. The predicted molar refractivity (Wildman–Crippen MR) is 95.8 cm³/mol. The first-order valence-corrected chi connectivity index (χ1v) is 8.38. The second-order valence-corrected chi connectivity index (χ2v) is 6.61. The number of fused-ring (bicyclic) bond motifs is 1. The predicted octanol–water partition coefficient (Wildman–Crippen LogP) is 2.02. The molecule has 138 valence electrons. The lowest BCUT2D eigenvalue weighted by Gasteiger charge is -2.31. The zero-order valence-electron chi connectivity index (χ0n) is 14.5. The largest absolute Gasteiger partial charge is 0.443 e. The molecule has 0 spiro atoms. The van der Waals surface area contributed by atoms with E-state index in [4.69, 9.17) is 10.5 Å². The standard InChI is InChI=1S/C19H17FN4O3/c1-19(17(21)25,15-10-23-18(26)27-15)12-4-5-14(13(20)9-12)24-8-6-11-3-2-7-22-16(11)24/h2-9,15H,10H2,1H3,(H2,21,25)(H,23,26). The molecule has 3 heterocycles. The normalized spacial score (nSPS) is 18.7. The maximum absolute atomic E-state index is 15.0. The number of rotatable bonds is 4. The molecule has 0 saturated carbocycles. The Morgan fingerprint density at radius 3 is 2.89 bits per heavy atom. The number of carbonyl (C=O) groups excluding carboxylic acids is 2. The summed E-state index contributed by atoms with van der Waals surface area (Å²) < 4.78 is 21.8. The van der Waals surface area contributed by atoms with Crippen molar-refractivity contribution in [2.24, 2.45) is 5.73 Å². The van der Waals surface area contributed by atoms with E-state index in [0.29, 0.717) is 16.9 Å². The topological polar surface area (TPSA) is 99.2 Å². The first-order chi connectivity index (χ1) is 12.9. The number of hydrogen-bond acceptors (Lipinski definition) is 4. The molecule has 3 aromatic rings. The molecule has 1 fully saturated rings. The van der Waals surface area contributed by atoms with Crippen LogP contribution in [0, 0.1) is 5.82 Å². The lowest BCUT2D eigenvalue weighted by atomic mass is 9.76. The number of nitrogens with one attached hydrogen (secondary N) is 1. The van der Waals surface area contributed by atoms with Gasteiger partial charge in [-0.3, -0.25) is 9.36 Å². The molecule has 8 heteroatoms.